The van der Waals surface area contributed by atoms with E-state index in [4.69, 9.17) is 15.2 Å². The highest BCUT2D eigenvalue weighted by Crippen LogP contribution is 2.33. The van der Waals surface area contributed by atoms with Gasteiger partial charge in [0.05, 0.1) is 0 Å². The summed E-state index contributed by atoms with van der Waals surface area (Å²) in [4.78, 5) is 15.2. The lowest BCUT2D eigenvalue weighted by Crippen LogP contribution is -2.39. The molecule has 0 aliphatic heterocycles. The van der Waals surface area contributed by atoms with Crippen molar-refractivity contribution in [2.75, 3.05) is 0 Å². The topological polar surface area (TPSA) is 94.7 Å². The Hall–Kier alpha value is -3.59. The van der Waals surface area contributed by atoms with Crippen LogP contribution in [-0.2, 0) is 11.3 Å². The van der Waals surface area contributed by atoms with Crippen LogP contribution in [0, 0.1) is 22.9 Å². The lowest BCUT2D eigenvalue weighted by molar-refractivity contribution is -0.150. The van der Waals surface area contributed by atoms with Gasteiger partial charge in [0.25, 0.3) is 11.8 Å². The summed E-state index contributed by atoms with van der Waals surface area (Å²) in [5.41, 5.74) is 6.68. The van der Waals surface area contributed by atoms with Crippen molar-refractivity contribution in [2.45, 2.75) is 33.4 Å². The third-order valence-corrected chi connectivity index (χ3v) is 4.69. The molecule has 0 aliphatic carbocycles. The van der Waals surface area contributed by atoms with Gasteiger partial charge in [0.1, 0.15) is 11.6 Å². The number of carboxylic acids is 1. The zero-order valence-electron chi connectivity index (χ0n) is 18.2. The molecule has 3 rings (SSSR count). The third-order valence-electron chi connectivity index (χ3n) is 4.69. The number of hydrogen-bond donors (Lipinski definition) is 2. The first-order chi connectivity index (χ1) is 15.5. The van der Waals surface area contributed by atoms with Gasteiger partial charge in [0.2, 0.25) is 6.10 Å². The highest BCUT2D eigenvalue weighted by molar-refractivity contribution is 5.73. The Morgan fingerprint density at radius 2 is 1.73 bits per heavy atom. The summed E-state index contributed by atoms with van der Waals surface area (Å²) < 4.78 is 53.5. The van der Waals surface area contributed by atoms with Crippen molar-refractivity contribution in [2.24, 2.45) is 11.1 Å². The maximum atomic E-state index is 14.4. The van der Waals surface area contributed by atoms with Crippen molar-refractivity contribution in [3.63, 3.8) is 0 Å². The van der Waals surface area contributed by atoms with Crippen LogP contribution in [-0.4, -0.2) is 22.2 Å². The molecule has 3 aromatic rings. The summed E-state index contributed by atoms with van der Waals surface area (Å²) in [5.74, 6) is -5.91. The van der Waals surface area contributed by atoms with E-state index in [2.05, 4.69) is 4.98 Å². The molecule has 0 spiro atoms. The summed E-state index contributed by atoms with van der Waals surface area (Å²) >= 11 is 0. The van der Waals surface area contributed by atoms with E-state index in [-0.39, 0.29) is 5.75 Å². The number of benzene rings is 2. The lowest BCUT2D eigenvalue weighted by atomic mass is 9.89. The van der Waals surface area contributed by atoms with Crippen LogP contribution < -0.4 is 15.2 Å². The minimum Gasteiger partial charge on any atom is -0.478 e. The number of aliphatic carboxylic acids is 1. The Morgan fingerprint density at radius 3 is 2.36 bits per heavy atom. The standard InChI is InChI=1S/C24H23F3N2O4/c1-24(2,3)20(23(30)31)33-22-19(27)11-18(26)21(29-22)32-17-9-15(8-16(25)10-17)14-6-4-5-13(7-14)12-28/h4-11,20H,12,28H2,1-3H3,(H,30,31)/t20-/m0/s1. The van der Waals surface area contributed by atoms with E-state index in [1.54, 1.807) is 39.0 Å². The monoisotopic (exact) mass is 460 g/mol. The predicted octanol–water partition coefficient (Wildman–Crippen LogP) is 5.30. The van der Waals surface area contributed by atoms with Crippen LogP contribution in [0.5, 0.6) is 17.5 Å². The van der Waals surface area contributed by atoms with E-state index < -0.39 is 46.7 Å². The van der Waals surface area contributed by atoms with Crippen molar-refractivity contribution >= 4 is 5.97 Å². The molecule has 3 N–H and O–H groups in total. The molecule has 0 saturated carbocycles. The Morgan fingerprint density at radius 1 is 1.03 bits per heavy atom. The molecule has 1 aromatic heterocycles. The Balaban J connectivity index is 1.96. The molecule has 0 unspecified atom stereocenters. The first-order valence-corrected chi connectivity index (χ1v) is 10.0. The number of rotatable bonds is 7. The van der Waals surface area contributed by atoms with Gasteiger partial charge in [-0.15, -0.1) is 0 Å². The summed E-state index contributed by atoms with van der Waals surface area (Å²) in [6.07, 6.45) is -1.46. The molecule has 6 nitrogen and oxygen atoms in total. The van der Waals surface area contributed by atoms with Gasteiger partial charge in [0.15, 0.2) is 11.6 Å². The molecule has 0 saturated heterocycles. The van der Waals surface area contributed by atoms with Gasteiger partial charge < -0.3 is 20.3 Å². The molecular weight excluding hydrogens is 437 g/mol. The minimum absolute atomic E-state index is 0.0993. The molecular formula is C24H23F3N2O4. The third kappa shape index (κ3) is 5.81. The quantitative estimate of drug-likeness (QED) is 0.497. The highest BCUT2D eigenvalue weighted by atomic mass is 19.1. The average molecular weight is 460 g/mol. The van der Waals surface area contributed by atoms with Crippen LogP contribution >= 0.6 is 0 Å². The molecule has 0 bridgehead atoms. The van der Waals surface area contributed by atoms with E-state index in [0.717, 1.165) is 11.6 Å². The van der Waals surface area contributed by atoms with Gasteiger partial charge in [0, 0.05) is 24.1 Å². The van der Waals surface area contributed by atoms with Crippen molar-refractivity contribution in [1.29, 1.82) is 0 Å². The summed E-state index contributed by atoms with van der Waals surface area (Å²) in [6, 6.07) is 11.3. The number of ether oxygens (including phenoxy) is 2. The Kier molecular flexibility index (Phi) is 6.92. The van der Waals surface area contributed by atoms with Crippen LogP contribution in [0.1, 0.15) is 26.3 Å². The smallest absolute Gasteiger partial charge is 0.345 e. The van der Waals surface area contributed by atoms with Crippen LogP contribution in [0.3, 0.4) is 0 Å². The number of hydrogen-bond acceptors (Lipinski definition) is 5. The van der Waals surface area contributed by atoms with Crippen molar-refractivity contribution in [3.8, 4) is 28.6 Å². The first kappa shape index (κ1) is 24.1. The van der Waals surface area contributed by atoms with E-state index in [1.165, 1.54) is 12.1 Å². The van der Waals surface area contributed by atoms with Gasteiger partial charge in [-0.25, -0.2) is 18.0 Å². The molecule has 0 fully saturated rings. The second-order valence-corrected chi connectivity index (χ2v) is 8.45. The Bertz CT molecular complexity index is 1180. The van der Waals surface area contributed by atoms with Crippen LogP contribution in [0.15, 0.2) is 48.5 Å². The second kappa shape index (κ2) is 9.50. The summed E-state index contributed by atoms with van der Waals surface area (Å²) in [6.45, 7) is 5.04. The normalized spacial score (nSPS) is 12.3. The number of halogens is 3. The number of nitrogens with two attached hydrogens (primary N) is 1. The van der Waals surface area contributed by atoms with Gasteiger partial charge in [-0.1, -0.05) is 39.0 Å². The van der Waals surface area contributed by atoms with E-state index in [9.17, 15) is 23.1 Å². The molecule has 0 amide bonds. The SMILES string of the molecule is CC(C)(C)[C@@H](Oc1nc(Oc2cc(F)cc(-c3cccc(CN)c3)c2)c(F)cc1F)C(=O)O. The molecule has 2 aromatic carbocycles. The van der Waals surface area contributed by atoms with Crippen molar-refractivity contribution in [3.05, 3.63) is 71.5 Å². The van der Waals surface area contributed by atoms with Crippen LogP contribution in [0.4, 0.5) is 13.2 Å². The summed E-state index contributed by atoms with van der Waals surface area (Å²) in [5, 5.41) is 9.40. The maximum absolute atomic E-state index is 14.4. The first-order valence-electron chi connectivity index (χ1n) is 10.0. The van der Waals surface area contributed by atoms with Crippen LogP contribution in [0.25, 0.3) is 11.1 Å². The molecule has 0 aliphatic rings. The number of carboxylic acid groups (broad SMARTS) is 1. The molecule has 1 atom stereocenters. The largest absolute Gasteiger partial charge is 0.478 e. The molecule has 1 heterocycles. The van der Waals surface area contributed by atoms with Gasteiger partial charge in [-0.2, -0.15) is 4.98 Å². The fraction of sp³-hybridized carbons (Fsp3) is 0.250. The van der Waals surface area contributed by atoms with E-state index in [0.29, 0.717) is 23.7 Å². The number of pyridine rings is 1. The molecule has 33 heavy (non-hydrogen) atoms. The second-order valence-electron chi connectivity index (χ2n) is 8.45. The highest BCUT2D eigenvalue weighted by Gasteiger charge is 2.35. The molecule has 0 radical (unpaired) electrons. The van der Waals surface area contributed by atoms with E-state index in [1.807, 2.05) is 6.07 Å². The lowest BCUT2D eigenvalue weighted by Gasteiger charge is -2.27. The number of aromatic nitrogens is 1. The number of carbonyl (C=O) groups is 1. The predicted molar refractivity (Wildman–Crippen MR) is 115 cm³/mol. The van der Waals surface area contributed by atoms with Gasteiger partial charge in [-0.05, 0) is 34.9 Å². The average Bonchev–Trinajstić information content (AvgIpc) is 2.73. The summed E-state index contributed by atoms with van der Waals surface area (Å²) in [7, 11) is 0. The fourth-order valence-corrected chi connectivity index (χ4v) is 3.08. The fourth-order valence-electron chi connectivity index (χ4n) is 3.08. The molecule has 9 heteroatoms. The van der Waals surface area contributed by atoms with Crippen molar-refractivity contribution < 1.29 is 32.5 Å². The number of nitrogens with zero attached hydrogens (tertiary/aromatic N) is 1. The van der Waals surface area contributed by atoms with Crippen molar-refractivity contribution in [1.82, 2.24) is 4.98 Å². The zero-order valence-corrected chi connectivity index (χ0v) is 18.2. The minimum atomic E-state index is -1.46. The van der Waals surface area contributed by atoms with Crippen LogP contribution in [0.2, 0.25) is 0 Å². The maximum Gasteiger partial charge on any atom is 0.345 e. The van der Waals surface area contributed by atoms with E-state index >= 15 is 0 Å². The zero-order chi connectivity index (χ0) is 24.3. The van der Waals surface area contributed by atoms with Gasteiger partial charge in [-0.3, -0.25) is 0 Å². The molecule has 174 valence electrons. The Labute approximate surface area is 188 Å². The van der Waals surface area contributed by atoms with Gasteiger partial charge >= 0.3 is 5.97 Å².